The lowest BCUT2D eigenvalue weighted by Crippen LogP contribution is -2.23. The van der Waals surface area contributed by atoms with E-state index in [0.717, 1.165) is 38.7 Å². The number of aromatic nitrogens is 4. The van der Waals surface area contributed by atoms with Crippen molar-refractivity contribution in [1.29, 1.82) is 0 Å². The van der Waals surface area contributed by atoms with Gasteiger partial charge in [0.05, 0.1) is 27.7 Å². The third kappa shape index (κ3) is 5.25. The van der Waals surface area contributed by atoms with Crippen LogP contribution in [0, 0.1) is 0 Å². The molecule has 0 unspecified atom stereocenters. The predicted octanol–water partition coefficient (Wildman–Crippen LogP) is 4.87. The van der Waals surface area contributed by atoms with E-state index in [1.54, 1.807) is 26.0 Å². The van der Waals surface area contributed by atoms with Crippen LogP contribution >= 0.6 is 0 Å². The summed E-state index contributed by atoms with van der Waals surface area (Å²) in [5.41, 5.74) is 11.1. The molecule has 5 rings (SSSR count). The standard InChI is InChI=1S/C29H32N6O3S/c1-19(2)39(36,37)35-25-18-22(12-15-24(25)31-29(35)30)27-26(20-8-6-5-7-9-20)32-28(33-27)21-10-13-23(14-11-21)38-17-16-34(3)4/h5-15,18-19H,16-17H2,1-4H3,(H2,30,31)(H,32,33). The molecule has 10 heteroatoms. The van der Waals surface area contributed by atoms with Gasteiger partial charge < -0.3 is 20.4 Å². The highest BCUT2D eigenvalue weighted by atomic mass is 32.2. The van der Waals surface area contributed by atoms with Crippen molar-refractivity contribution in [1.82, 2.24) is 23.8 Å². The van der Waals surface area contributed by atoms with Crippen molar-refractivity contribution < 1.29 is 13.2 Å². The van der Waals surface area contributed by atoms with Gasteiger partial charge >= 0.3 is 0 Å². The number of H-pyrrole nitrogens is 1. The number of imidazole rings is 2. The molecule has 0 aliphatic carbocycles. The van der Waals surface area contributed by atoms with E-state index in [-0.39, 0.29) is 5.95 Å². The van der Waals surface area contributed by atoms with E-state index >= 15 is 0 Å². The summed E-state index contributed by atoms with van der Waals surface area (Å²) in [6.45, 7) is 4.68. The first-order valence-corrected chi connectivity index (χ1v) is 14.2. The lowest BCUT2D eigenvalue weighted by molar-refractivity contribution is 0.261. The number of nitrogens with two attached hydrogens (primary N) is 1. The Morgan fingerprint density at radius 1 is 0.949 bits per heavy atom. The van der Waals surface area contributed by atoms with Gasteiger partial charge in [0.15, 0.2) is 0 Å². The Balaban J connectivity index is 1.59. The number of anilines is 1. The number of benzene rings is 3. The number of hydrogen-bond acceptors (Lipinski definition) is 7. The number of fused-ring (bicyclic) bond motifs is 1. The van der Waals surface area contributed by atoms with Gasteiger partial charge in [0.2, 0.25) is 16.0 Å². The highest BCUT2D eigenvalue weighted by molar-refractivity contribution is 7.90. The van der Waals surface area contributed by atoms with Crippen LogP contribution < -0.4 is 10.5 Å². The number of aromatic amines is 1. The van der Waals surface area contributed by atoms with E-state index in [1.165, 1.54) is 0 Å². The average molecular weight is 545 g/mol. The summed E-state index contributed by atoms with van der Waals surface area (Å²) >= 11 is 0. The third-order valence-electron chi connectivity index (χ3n) is 6.46. The van der Waals surface area contributed by atoms with E-state index in [4.69, 9.17) is 15.5 Å². The van der Waals surface area contributed by atoms with E-state index in [0.29, 0.717) is 29.2 Å². The topological polar surface area (TPSA) is 119 Å². The van der Waals surface area contributed by atoms with Gasteiger partial charge in [0.25, 0.3) is 0 Å². The molecule has 202 valence electrons. The van der Waals surface area contributed by atoms with Crippen molar-refractivity contribution in [3.63, 3.8) is 0 Å². The van der Waals surface area contributed by atoms with E-state index in [1.807, 2.05) is 74.8 Å². The minimum Gasteiger partial charge on any atom is -0.492 e. The molecule has 0 bridgehead atoms. The summed E-state index contributed by atoms with van der Waals surface area (Å²) in [6.07, 6.45) is 0. The molecule has 0 amide bonds. The first-order chi connectivity index (χ1) is 18.6. The SMILES string of the molecule is CC(C)S(=O)(=O)n1c(N)nc2ccc(-c3nc(-c4ccc(OCCN(C)C)cc4)[nH]c3-c3ccccc3)cc21. The number of nitrogens with zero attached hydrogens (tertiary/aromatic N) is 4. The van der Waals surface area contributed by atoms with Crippen LogP contribution in [0.2, 0.25) is 0 Å². The summed E-state index contributed by atoms with van der Waals surface area (Å²) in [5, 5.41) is -0.660. The van der Waals surface area contributed by atoms with Crippen molar-refractivity contribution in [2.75, 3.05) is 33.0 Å². The van der Waals surface area contributed by atoms with Crippen molar-refractivity contribution in [2.45, 2.75) is 19.1 Å². The number of ether oxygens (including phenoxy) is 1. The van der Waals surface area contributed by atoms with Gasteiger partial charge in [-0.25, -0.2) is 22.4 Å². The number of nitrogen functional groups attached to an aromatic ring is 1. The average Bonchev–Trinajstić information content (AvgIpc) is 3.50. The molecule has 9 nitrogen and oxygen atoms in total. The Hall–Kier alpha value is -4.15. The minimum absolute atomic E-state index is 0.0604. The normalized spacial score (nSPS) is 12.1. The van der Waals surface area contributed by atoms with Crippen LogP contribution in [-0.2, 0) is 10.0 Å². The molecule has 5 aromatic rings. The van der Waals surface area contributed by atoms with Gasteiger partial charge in [0, 0.05) is 23.2 Å². The molecule has 2 heterocycles. The lowest BCUT2D eigenvalue weighted by atomic mass is 10.0. The van der Waals surface area contributed by atoms with Crippen LogP contribution in [-0.4, -0.2) is 64.7 Å². The molecule has 0 aliphatic rings. The fraction of sp³-hybridized carbons (Fsp3) is 0.241. The van der Waals surface area contributed by atoms with Crippen LogP contribution in [0.25, 0.3) is 44.9 Å². The molecule has 2 aromatic heterocycles. The van der Waals surface area contributed by atoms with Gasteiger partial charge in [-0.2, -0.15) is 0 Å². The number of rotatable bonds is 9. The van der Waals surface area contributed by atoms with Gasteiger partial charge in [0.1, 0.15) is 18.2 Å². The molecule has 3 aromatic carbocycles. The molecule has 0 saturated heterocycles. The van der Waals surface area contributed by atoms with Crippen molar-refractivity contribution in [2.24, 2.45) is 0 Å². The lowest BCUT2D eigenvalue weighted by Gasteiger charge is -2.11. The predicted molar refractivity (Wildman–Crippen MR) is 156 cm³/mol. The summed E-state index contributed by atoms with van der Waals surface area (Å²) in [4.78, 5) is 14.8. The molecular weight excluding hydrogens is 512 g/mol. The number of hydrogen-bond donors (Lipinski definition) is 2. The number of likely N-dealkylation sites (N-methyl/N-ethyl adjacent to an activating group) is 1. The van der Waals surface area contributed by atoms with Crippen LogP contribution in [0.1, 0.15) is 13.8 Å². The summed E-state index contributed by atoms with van der Waals surface area (Å²) in [7, 11) is 0.299. The fourth-order valence-corrected chi connectivity index (χ4v) is 5.43. The zero-order valence-electron chi connectivity index (χ0n) is 22.4. The van der Waals surface area contributed by atoms with E-state index in [9.17, 15) is 8.42 Å². The Labute approximate surface area is 228 Å². The molecule has 0 radical (unpaired) electrons. The summed E-state index contributed by atoms with van der Waals surface area (Å²) < 4.78 is 33.1. The fourth-order valence-electron chi connectivity index (χ4n) is 4.29. The first kappa shape index (κ1) is 26.5. The van der Waals surface area contributed by atoms with Crippen molar-refractivity contribution in [3.05, 3.63) is 72.8 Å². The van der Waals surface area contributed by atoms with E-state index in [2.05, 4.69) is 14.9 Å². The Morgan fingerprint density at radius 2 is 1.64 bits per heavy atom. The summed E-state index contributed by atoms with van der Waals surface area (Å²) in [5.74, 6) is 1.42. The van der Waals surface area contributed by atoms with Gasteiger partial charge in [-0.15, -0.1) is 0 Å². The van der Waals surface area contributed by atoms with Gasteiger partial charge in [-0.1, -0.05) is 36.4 Å². The third-order valence-corrected chi connectivity index (χ3v) is 8.55. The van der Waals surface area contributed by atoms with Crippen LogP contribution in [0.4, 0.5) is 5.95 Å². The zero-order chi connectivity index (χ0) is 27.7. The zero-order valence-corrected chi connectivity index (χ0v) is 23.2. The molecular formula is C29H32N6O3S. The highest BCUT2D eigenvalue weighted by Gasteiger charge is 2.25. The maximum absolute atomic E-state index is 13.1. The van der Waals surface area contributed by atoms with Crippen LogP contribution in [0.5, 0.6) is 5.75 Å². The molecule has 0 atom stereocenters. The van der Waals surface area contributed by atoms with Crippen LogP contribution in [0.3, 0.4) is 0 Å². The quantitative estimate of drug-likeness (QED) is 0.272. The monoisotopic (exact) mass is 544 g/mol. The molecule has 0 spiro atoms. The molecule has 3 N–H and O–H groups in total. The molecule has 0 aliphatic heterocycles. The highest BCUT2D eigenvalue weighted by Crippen LogP contribution is 2.35. The first-order valence-electron chi connectivity index (χ1n) is 12.7. The smallest absolute Gasteiger partial charge is 0.244 e. The van der Waals surface area contributed by atoms with Crippen molar-refractivity contribution >= 4 is 27.0 Å². The Bertz CT molecular complexity index is 1710. The maximum atomic E-state index is 13.1. The summed E-state index contributed by atoms with van der Waals surface area (Å²) in [6, 6.07) is 23.1. The Kier molecular flexibility index (Phi) is 7.16. The maximum Gasteiger partial charge on any atom is 0.244 e. The van der Waals surface area contributed by atoms with E-state index < -0.39 is 15.3 Å². The van der Waals surface area contributed by atoms with Gasteiger partial charge in [-0.05, 0) is 64.3 Å². The number of nitrogens with one attached hydrogen (secondary N) is 1. The second kappa shape index (κ2) is 10.5. The van der Waals surface area contributed by atoms with Crippen molar-refractivity contribution in [3.8, 4) is 39.7 Å². The second-order valence-electron chi connectivity index (χ2n) is 9.88. The van der Waals surface area contributed by atoms with Crippen LogP contribution in [0.15, 0.2) is 72.8 Å². The Morgan fingerprint density at radius 3 is 2.31 bits per heavy atom. The molecule has 39 heavy (non-hydrogen) atoms. The second-order valence-corrected chi connectivity index (χ2v) is 12.2. The molecule has 0 saturated carbocycles. The van der Waals surface area contributed by atoms with Gasteiger partial charge in [-0.3, -0.25) is 0 Å². The minimum atomic E-state index is -3.72. The molecule has 0 fully saturated rings. The largest absolute Gasteiger partial charge is 0.492 e.